The van der Waals surface area contributed by atoms with Crippen LogP contribution in [-0.4, -0.2) is 166 Å². The van der Waals surface area contributed by atoms with Gasteiger partial charge in [0, 0.05) is 49.5 Å². The van der Waals surface area contributed by atoms with Crippen molar-refractivity contribution >= 4 is 35.1 Å². The Balaban J connectivity index is 1.94. The van der Waals surface area contributed by atoms with Gasteiger partial charge >= 0.3 is 0 Å². The molecule has 14 N–H and O–H groups in total. The highest BCUT2D eigenvalue weighted by Gasteiger charge is 2.45. The first-order valence-electron chi connectivity index (χ1n) is 12.5. The van der Waals surface area contributed by atoms with Crippen LogP contribution in [-0.2, 0) is 9.59 Å². The van der Waals surface area contributed by atoms with Gasteiger partial charge < -0.3 is 58.1 Å². The molecule has 2 unspecified atom stereocenters. The fourth-order valence-electron chi connectivity index (χ4n) is 4.59. The number of rotatable bonds is 14. The minimum atomic E-state index is -1.52. The van der Waals surface area contributed by atoms with Gasteiger partial charge in [-0.25, -0.2) is 0 Å². The number of nitrogens with zero attached hydrogens (tertiary/aromatic N) is 1. The highest BCUT2D eigenvalue weighted by Crippen LogP contribution is 2.36. The Morgan fingerprint density at radius 1 is 0.658 bits per heavy atom. The molecule has 0 amide bonds. The molecule has 38 heavy (non-hydrogen) atoms. The lowest BCUT2D eigenvalue weighted by Crippen LogP contribution is -2.56. The number of aliphatic hydroxyl groups is 8. The van der Waals surface area contributed by atoms with Crippen LogP contribution in [0.1, 0.15) is 12.8 Å². The molecule has 12 atom stereocenters. The van der Waals surface area contributed by atoms with Crippen LogP contribution in [0.3, 0.4) is 0 Å². The fourth-order valence-corrected chi connectivity index (χ4v) is 7.47. The monoisotopic (exact) mass is 586 g/mol. The van der Waals surface area contributed by atoms with E-state index in [1.165, 1.54) is 0 Å². The van der Waals surface area contributed by atoms with Gasteiger partial charge in [-0.05, 0) is 0 Å². The molecule has 2 aliphatic rings. The van der Waals surface area contributed by atoms with Crippen LogP contribution < -0.4 is 17.2 Å². The van der Waals surface area contributed by atoms with Gasteiger partial charge in [-0.3, -0.25) is 14.5 Å². The molecule has 2 heterocycles. The predicted molar refractivity (Wildman–Crippen MR) is 141 cm³/mol. The smallest absolute Gasteiger partial charge is 0.152 e. The molecule has 2 rings (SSSR count). The van der Waals surface area contributed by atoms with Crippen molar-refractivity contribution in [3.05, 3.63) is 0 Å². The molecule has 14 nitrogen and oxygen atoms in total. The number of nitrogens with two attached hydrogens (primary N) is 3. The lowest BCUT2D eigenvalue weighted by Gasteiger charge is -2.39. The summed E-state index contributed by atoms with van der Waals surface area (Å²) < 4.78 is 0. The number of thioether (sulfide) groups is 2. The summed E-state index contributed by atoms with van der Waals surface area (Å²) in [7, 11) is 0. The molecule has 2 saturated heterocycles. The van der Waals surface area contributed by atoms with Gasteiger partial charge in [-0.2, -0.15) is 0 Å². The minimum absolute atomic E-state index is 0.00258. The summed E-state index contributed by atoms with van der Waals surface area (Å²) in [6.07, 6.45) is -8.92. The molecule has 0 radical (unpaired) electrons. The van der Waals surface area contributed by atoms with Crippen LogP contribution in [0.4, 0.5) is 0 Å². The van der Waals surface area contributed by atoms with Crippen LogP contribution in [0.25, 0.3) is 0 Å². The van der Waals surface area contributed by atoms with E-state index in [0.717, 1.165) is 23.5 Å². The van der Waals surface area contributed by atoms with Gasteiger partial charge in [0.15, 0.2) is 11.6 Å². The summed E-state index contributed by atoms with van der Waals surface area (Å²) in [5, 5.41) is 76.2. The Morgan fingerprint density at radius 2 is 1.00 bits per heavy atom. The van der Waals surface area contributed by atoms with Crippen LogP contribution in [0.5, 0.6) is 0 Å². The van der Waals surface area contributed by atoms with Crippen LogP contribution in [0.15, 0.2) is 0 Å². The zero-order chi connectivity index (χ0) is 28.7. The molecular weight excluding hydrogens is 544 g/mol. The first kappa shape index (κ1) is 33.8. The third-order valence-electron chi connectivity index (χ3n) is 6.97. The summed E-state index contributed by atoms with van der Waals surface area (Å²) >= 11 is 2.01. The molecule has 0 saturated carbocycles. The maximum atomic E-state index is 12.8. The molecule has 2 fully saturated rings. The molecule has 0 aromatic rings. The average molecular weight is 587 g/mol. The van der Waals surface area contributed by atoms with E-state index < -0.39 is 94.5 Å². The van der Waals surface area contributed by atoms with Crippen molar-refractivity contribution in [3.63, 3.8) is 0 Å². The Morgan fingerprint density at radius 3 is 1.32 bits per heavy atom. The van der Waals surface area contributed by atoms with Crippen molar-refractivity contribution in [2.45, 2.75) is 82.5 Å². The molecule has 0 spiro atoms. The van der Waals surface area contributed by atoms with E-state index in [1.807, 2.05) is 0 Å². The van der Waals surface area contributed by atoms with Crippen LogP contribution >= 0.6 is 23.5 Å². The molecule has 16 heteroatoms. The normalized spacial score (nSPS) is 37.7. The molecule has 0 aliphatic carbocycles. The van der Waals surface area contributed by atoms with Gasteiger partial charge in [0.05, 0.1) is 60.2 Å². The highest BCUT2D eigenvalue weighted by molar-refractivity contribution is 8.01. The van der Waals surface area contributed by atoms with E-state index in [4.69, 9.17) is 17.2 Å². The lowest BCUT2D eigenvalue weighted by molar-refractivity contribution is -0.122. The maximum Gasteiger partial charge on any atom is 0.152 e. The second-order valence-electron chi connectivity index (χ2n) is 9.84. The molecule has 0 aromatic heterocycles. The third kappa shape index (κ3) is 8.53. The summed E-state index contributed by atoms with van der Waals surface area (Å²) in [6, 6.07) is -2.07. The summed E-state index contributed by atoms with van der Waals surface area (Å²) in [4.78, 5) is 27.3. The number of ketones is 2. The molecular formula is C22H42N4O10S2. The second-order valence-corrected chi connectivity index (χ2v) is 12.8. The number of Topliss-reactive ketones (excluding diaryl/α,β-unsaturated/α-hetero) is 2. The van der Waals surface area contributed by atoms with Gasteiger partial charge in [0.25, 0.3) is 0 Å². The van der Waals surface area contributed by atoms with Crippen LogP contribution in [0, 0.1) is 0 Å². The number of hydrogen-bond donors (Lipinski definition) is 11. The summed E-state index contributed by atoms with van der Waals surface area (Å²) in [6.45, 7) is -0.452. The Hall–Kier alpha value is -0.440. The predicted octanol–water partition coefficient (Wildman–Crippen LogP) is -6.06. The van der Waals surface area contributed by atoms with E-state index in [1.54, 1.807) is 4.90 Å². The minimum Gasteiger partial charge on any atom is -0.395 e. The van der Waals surface area contributed by atoms with Gasteiger partial charge in [-0.15, -0.1) is 23.5 Å². The van der Waals surface area contributed by atoms with E-state index >= 15 is 0 Å². The first-order chi connectivity index (χ1) is 17.9. The second kappa shape index (κ2) is 15.5. The largest absolute Gasteiger partial charge is 0.395 e. The SMILES string of the molecule is NCCN(CC(N)C(=O)C[C@H]1S[C@@H](CO)[C@H](O)[C@H](O)[C@H]1O)CC(N)C(=O)C[C@H]1S[C@@H](CO)[C@H](O)[C@H](O)[C@H]1O. The van der Waals surface area contributed by atoms with Gasteiger partial charge in [-0.1, -0.05) is 0 Å². The zero-order valence-electron chi connectivity index (χ0n) is 21.0. The Labute approximate surface area is 229 Å². The van der Waals surface area contributed by atoms with Crippen molar-refractivity contribution in [2.75, 3.05) is 39.4 Å². The van der Waals surface area contributed by atoms with E-state index in [0.29, 0.717) is 0 Å². The van der Waals surface area contributed by atoms with E-state index in [2.05, 4.69) is 0 Å². The maximum absolute atomic E-state index is 12.8. The zero-order valence-corrected chi connectivity index (χ0v) is 22.6. The third-order valence-corrected chi connectivity index (χ3v) is 10.1. The average Bonchev–Trinajstić information content (AvgIpc) is 2.88. The van der Waals surface area contributed by atoms with Crippen molar-refractivity contribution in [1.29, 1.82) is 0 Å². The van der Waals surface area contributed by atoms with Crippen molar-refractivity contribution in [1.82, 2.24) is 4.90 Å². The van der Waals surface area contributed by atoms with E-state index in [-0.39, 0.29) is 39.0 Å². The van der Waals surface area contributed by atoms with Crippen LogP contribution in [0.2, 0.25) is 0 Å². The number of hydrogen-bond acceptors (Lipinski definition) is 16. The van der Waals surface area contributed by atoms with Gasteiger partial charge in [0.1, 0.15) is 12.2 Å². The van der Waals surface area contributed by atoms with Crippen molar-refractivity contribution in [3.8, 4) is 0 Å². The van der Waals surface area contributed by atoms with Gasteiger partial charge in [0.2, 0.25) is 0 Å². The topological polar surface area (TPSA) is 277 Å². The first-order valence-corrected chi connectivity index (χ1v) is 14.3. The summed E-state index contributed by atoms with van der Waals surface area (Å²) in [5.41, 5.74) is 17.9. The molecule has 0 aromatic carbocycles. The fraction of sp³-hybridized carbons (Fsp3) is 0.909. The molecule has 2 aliphatic heterocycles. The molecule has 0 bridgehead atoms. The summed E-state index contributed by atoms with van der Waals surface area (Å²) in [5.74, 6) is -0.874. The Kier molecular flexibility index (Phi) is 13.8. The lowest BCUT2D eigenvalue weighted by atomic mass is 9.96. The highest BCUT2D eigenvalue weighted by atomic mass is 32.2. The van der Waals surface area contributed by atoms with Crippen molar-refractivity contribution < 1.29 is 50.4 Å². The Bertz CT molecular complexity index is 712. The number of aliphatic hydroxyl groups excluding tert-OH is 8. The number of carbonyl (C=O) groups is 2. The van der Waals surface area contributed by atoms with Crippen molar-refractivity contribution in [2.24, 2.45) is 17.2 Å². The number of carbonyl (C=O) groups excluding carboxylic acids is 2. The van der Waals surface area contributed by atoms with E-state index in [9.17, 15) is 50.4 Å². The quantitative estimate of drug-likeness (QED) is 0.0903. The standard InChI is InChI=1S/C22H42N4O10S2/c23-1-2-26(5-9(24)11(29)3-13-17(31)21(35)19(33)15(7-27)37-13)6-10(25)12(30)4-14-18(32)22(36)20(34)16(8-28)38-14/h9-10,13-22,27-28,31-36H,1-8,23-25H2/t9?,10?,13-,14-,15+,16+,17+,18+,19+,20+,21-,22-/m1/s1. The molecule has 222 valence electrons.